The molecule has 7 rings (SSSR count). The van der Waals surface area contributed by atoms with Crippen LogP contribution >= 0.6 is 7.14 Å². The van der Waals surface area contributed by atoms with Crippen molar-refractivity contribution in [3.05, 3.63) is 127 Å². The topological polar surface area (TPSA) is 34.4 Å². The summed E-state index contributed by atoms with van der Waals surface area (Å²) < 4.78 is 17.6. The number of para-hydroxylation sites is 3. The number of fused-ring (bicyclic) bond motifs is 8. The molecule has 166 valence electrons. The number of aromatic nitrogens is 2. The summed E-state index contributed by atoms with van der Waals surface area (Å²) in [6.07, 6.45) is 0. The third-order valence-corrected chi connectivity index (χ3v) is 9.94. The van der Waals surface area contributed by atoms with E-state index in [9.17, 15) is 0 Å². The molecule has 3 nitrogen and oxygen atoms in total. The van der Waals surface area contributed by atoms with Crippen molar-refractivity contribution in [3.63, 3.8) is 0 Å². The Bertz CT molecular complexity index is 1880. The molecule has 0 saturated carbocycles. The number of imidazole rings is 1. The summed E-state index contributed by atoms with van der Waals surface area (Å²) in [5, 5.41) is 5.58. The molecule has 0 aliphatic carbocycles. The van der Waals surface area contributed by atoms with E-state index in [1.165, 1.54) is 0 Å². The number of benzene rings is 5. The van der Waals surface area contributed by atoms with Crippen LogP contribution in [0.25, 0.3) is 38.4 Å². The molecule has 0 aliphatic rings. The highest BCUT2D eigenvalue weighted by Gasteiger charge is 2.32. The van der Waals surface area contributed by atoms with Gasteiger partial charge >= 0.3 is 0 Å². The minimum Gasteiger partial charge on any atom is -0.309 e. The molecule has 0 saturated heterocycles. The third-order valence-electron chi connectivity index (χ3n) is 6.84. The van der Waals surface area contributed by atoms with Crippen molar-refractivity contribution < 1.29 is 4.57 Å². The third kappa shape index (κ3) is 2.86. The molecule has 0 unspecified atom stereocenters. The number of nitrogens with zero attached hydrogens (tertiary/aromatic N) is 2. The van der Waals surface area contributed by atoms with Gasteiger partial charge in [0.1, 0.15) is 5.65 Å². The fourth-order valence-electron chi connectivity index (χ4n) is 5.30. The van der Waals surface area contributed by atoms with Crippen LogP contribution in [0.2, 0.25) is 0 Å². The van der Waals surface area contributed by atoms with Crippen molar-refractivity contribution in [2.75, 3.05) is 0 Å². The molecular weight excluding hydrogens is 447 g/mol. The number of pyridine rings is 1. The Morgan fingerprint density at radius 3 is 1.83 bits per heavy atom. The molecule has 35 heavy (non-hydrogen) atoms. The largest absolute Gasteiger partial charge is 0.309 e. The highest BCUT2D eigenvalue weighted by atomic mass is 31.2. The lowest BCUT2D eigenvalue weighted by Crippen LogP contribution is -2.25. The van der Waals surface area contributed by atoms with Crippen LogP contribution in [0.5, 0.6) is 0 Å². The van der Waals surface area contributed by atoms with E-state index in [1.54, 1.807) is 0 Å². The number of rotatable bonds is 3. The van der Waals surface area contributed by atoms with Gasteiger partial charge in [0.25, 0.3) is 0 Å². The zero-order valence-electron chi connectivity index (χ0n) is 18.9. The van der Waals surface area contributed by atoms with E-state index in [-0.39, 0.29) is 0 Å². The van der Waals surface area contributed by atoms with Crippen LogP contribution in [0.15, 0.2) is 127 Å². The van der Waals surface area contributed by atoms with Crippen LogP contribution in [-0.2, 0) is 4.57 Å². The van der Waals surface area contributed by atoms with Crippen molar-refractivity contribution >= 4 is 61.4 Å². The Kier molecular flexibility index (Phi) is 4.42. The van der Waals surface area contributed by atoms with Crippen LogP contribution in [0.3, 0.4) is 0 Å². The van der Waals surface area contributed by atoms with Gasteiger partial charge in [0.05, 0.1) is 16.6 Å². The first-order valence-electron chi connectivity index (χ1n) is 11.7. The Hall–Kier alpha value is -4.20. The van der Waals surface area contributed by atoms with E-state index in [4.69, 9.17) is 4.98 Å². The zero-order valence-corrected chi connectivity index (χ0v) is 19.8. The molecule has 0 aliphatic heterocycles. The minimum absolute atomic E-state index is 0.818. The normalized spacial score (nSPS) is 12.1. The van der Waals surface area contributed by atoms with E-state index in [1.807, 2.05) is 91.0 Å². The second-order valence-corrected chi connectivity index (χ2v) is 11.5. The molecule has 0 amide bonds. The maximum atomic E-state index is 15.4. The van der Waals surface area contributed by atoms with Gasteiger partial charge in [-0.05, 0) is 23.6 Å². The lowest BCUT2D eigenvalue weighted by atomic mass is 10.1. The minimum atomic E-state index is -3.20. The highest BCUT2D eigenvalue weighted by molar-refractivity contribution is 7.85. The maximum absolute atomic E-state index is 15.4. The summed E-state index contributed by atoms with van der Waals surface area (Å²) in [6.45, 7) is 0. The van der Waals surface area contributed by atoms with Gasteiger partial charge in [-0.2, -0.15) is 0 Å². The summed E-state index contributed by atoms with van der Waals surface area (Å²) in [5.41, 5.74) is 3.90. The van der Waals surface area contributed by atoms with Gasteiger partial charge in [-0.3, -0.25) is 4.40 Å². The fraction of sp³-hybridized carbons (Fsp3) is 0. The van der Waals surface area contributed by atoms with Crippen LogP contribution in [0.4, 0.5) is 0 Å². The standard InChI is InChI=1S/C31H21N2OP/c34-35(22-12-3-1-4-13-22,23-14-5-2-6-15-23)29-21-11-17-25-24-16-7-9-19-27(24)33-28-20-10-8-18-26(28)32-31(33)30(25)29/h1-21H. The number of hydrogen-bond donors (Lipinski definition) is 0. The van der Waals surface area contributed by atoms with Gasteiger partial charge in [0, 0.05) is 26.7 Å². The maximum Gasteiger partial charge on any atom is 0.171 e. The average Bonchev–Trinajstić information content (AvgIpc) is 3.33. The lowest BCUT2D eigenvalue weighted by molar-refractivity contribution is 0.592. The Labute approximate surface area is 202 Å². The average molecular weight is 468 g/mol. The van der Waals surface area contributed by atoms with Gasteiger partial charge in [0.15, 0.2) is 7.14 Å². The predicted molar refractivity (Wildman–Crippen MR) is 147 cm³/mol. The Morgan fingerprint density at radius 1 is 0.543 bits per heavy atom. The highest BCUT2D eigenvalue weighted by Crippen LogP contribution is 2.46. The quantitative estimate of drug-likeness (QED) is 0.221. The molecule has 7 aromatic rings. The molecule has 0 N–H and O–H groups in total. The van der Waals surface area contributed by atoms with Crippen molar-refractivity contribution in [2.24, 2.45) is 0 Å². The zero-order chi connectivity index (χ0) is 23.4. The van der Waals surface area contributed by atoms with Crippen LogP contribution < -0.4 is 15.9 Å². The van der Waals surface area contributed by atoms with Gasteiger partial charge in [0.2, 0.25) is 0 Å². The first kappa shape index (κ1) is 20.2. The molecular formula is C31H21N2OP. The summed E-state index contributed by atoms with van der Waals surface area (Å²) in [6, 6.07) is 42.5. The van der Waals surface area contributed by atoms with Gasteiger partial charge in [-0.1, -0.05) is 109 Å². The van der Waals surface area contributed by atoms with Gasteiger partial charge < -0.3 is 4.57 Å². The molecule has 0 spiro atoms. The van der Waals surface area contributed by atoms with Gasteiger partial charge in [-0.25, -0.2) is 4.98 Å². The van der Waals surface area contributed by atoms with Crippen LogP contribution in [0, 0.1) is 0 Å². The summed E-state index contributed by atoms with van der Waals surface area (Å²) in [5.74, 6) is 0. The van der Waals surface area contributed by atoms with E-state index < -0.39 is 7.14 Å². The van der Waals surface area contributed by atoms with Crippen molar-refractivity contribution in [1.29, 1.82) is 0 Å². The summed E-state index contributed by atoms with van der Waals surface area (Å²) in [7, 11) is -3.20. The SMILES string of the molecule is O=P(c1ccccc1)(c1ccccc1)c1cccc2c3ccccc3n3c4ccccc4nc3c12. The fourth-order valence-corrected chi connectivity index (χ4v) is 8.17. The molecule has 5 aromatic carbocycles. The molecule has 0 radical (unpaired) electrons. The van der Waals surface area contributed by atoms with E-state index in [0.29, 0.717) is 0 Å². The van der Waals surface area contributed by atoms with Crippen molar-refractivity contribution in [2.45, 2.75) is 0 Å². The van der Waals surface area contributed by atoms with Crippen LogP contribution in [-0.4, -0.2) is 9.38 Å². The molecule has 4 heteroatoms. The first-order valence-corrected chi connectivity index (χ1v) is 13.4. The smallest absolute Gasteiger partial charge is 0.171 e. The number of hydrogen-bond acceptors (Lipinski definition) is 2. The van der Waals surface area contributed by atoms with Gasteiger partial charge in [-0.15, -0.1) is 0 Å². The second kappa shape index (κ2) is 7.66. The summed E-state index contributed by atoms with van der Waals surface area (Å²) in [4.78, 5) is 5.10. The molecule has 0 atom stereocenters. The summed E-state index contributed by atoms with van der Waals surface area (Å²) >= 11 is 0. The predicted octanol–water partition coefficient (Wildman–Crippen LogP) is 6.43. The van der Waals surface area contributed by atoms with E-state index >= 15 is 4.57 Å². The Balaban J connectivity index is 1.74. The van der Waals surface area contributed by atoms with Crippen LogP contribution in [0.1, 0.15) is 0 Å². The monoisotopic (exact) mass is 468 g/mol. The molecule has 0 fully saturated rings. The lowest BCUT2D eigenvalue weighted by Gasteiger charge is -2.22. The van der Waals surface area contributed by atoms with Crippen molar-refractivity contribution in [3.8, 4) is 0 Å². The molecule has 0 bridgehead atoms. The molecule has 2 heterocycles. The Morgan fingerprint density at radius 2 is 1.11 bits per heavy atom. The van der Waals surface area contributed by atoms with Crippen molar-refractivity contribution in [1.82, 2.24) is 9.38 Å². The first-order chi connectivity index (χ1) is 17.3. The second-order valence-electron chi connectivity index (χ2n) is 8.76. The van der Waals surface area contributed by atoms with E-state index in [2.05, 4.69) is 40.8 Å². The van der Waals surface area contributed by atoms with E-state index in [0.717, 1.165) is 54.3 Å². The molecule has 2 aromatic heterocycles.